The zero-order valence-electron chi connectivity index (χ0n) is 37.7. The molecule has 70 heavy (non-hydrogen) atoms. The summed E-state index contributed by atoms with van der Waals surface area (Å²) < 4.78 is 13.1. The first kappa shape index (κ1) is 39.7. The van der Waals surface area contributed by atoms with Gasteiger partial charge in [-0.15, -0.1) is 0 Å². The third-order valence-corrected chi connectivity index (χ3v) is 13.7. The van der Waals surface area contributed by atoms with Gasteiger partial charge in [0.05, 0.1) is 22.6 Å². The standard InChI is InChI=1S/C65H39N3O2/c1-3-15-44(16-4-1)63-53-38-59-62(52-23-9-12-28-58(52)69-59)60(61(53)51-22-7-10-26-54(51)66-63)43-35-31-41(32-36-43)40-29-33-42(34-30-40)55-39-56(68-65(67-55)45-17-5-2-6-18-45)47-20-13-19-46(37-47)48-24-14-25-50-49-21-8-11-27-57(49)70-64(48)50/h1-39H. The third-order valence-electron chi connectivity index (χ3n) is 13.7. The second kappa shape index (κ2) is 16.1. The van der Waals surface area contributed by atoms with Gasteiger partial charge in [-0.25, -0.2) is 15.0 Å². The number of fused-ring (bicyclic) bond motifs is 9. The van der Waals surface area contributed by atoms with Gasteiger partial charge in [0.2, 0.25) is 0 Å². The second-order valence-corrected chi connectivity index (χ2v) is 17.8. The molecule has 0 atom stereocenters. The predicted octanol–water partition coefficient (Wildman–Crippen LogP) is 17.6. The third kappa shape index (κ3) is 6.59. The van der Waals surface area contributed by atoms with Gasteiger partial charge in [0.15, 0.2) is 5.82 Å². The molecule has 0 saturated carbocycles. The van der Waals surface area contributed by atoms with Crippen molar-refractivity contribution < 1.29 is 8.83 Å². The fraction of sp³-hybridized carbons (Fsp3) is 0. The highest BCUT2D eigenvalue weighted by Crippen LogP contribution is 2.47. The molecule has 0 aliphatic carbocycles. The zero-order chi connectivity index (χ0) is 46.1. The molecule has 0 radical (unpaired) electrons. The molecule has 0 spiro atoms. The second-order valence-electron chi connectivity index (χ2n) is 17.8. The molecular formula is C65H39N3O2. The Labute approximate surface area is 402 Å². The van der Waals surface area contributed by atoms with Crippen LogP contribution in [0.2, 0.25) is 0 Å². The monoisotopic (exact) mass is 893 g/mol. The van der Waals surface area contributed by atoms with Crippen LogP contribution < -0.4 is 0 Å². The van der Waals surface area contributed by atoms with Crippen LogP contribution in [0.1, 0.15) is 0 Å². The minimum atomic E-state index is 0.671. The minimum Gasteiger partial charge on any atom is -0.456 e. The molecule has 4 heterocycles. The molecule has 0 saturated heterocycles. The molecule has 0 bridgehead atoms. The van der Waals surface area contributed by atoms with E-state index in [4.69, 9.17) is 23.8 Å². The van der Waals surface area contributed by atoms with Crippen LogP contribution >= 0.6 is 0 Å². The Morgan fingerprint density at radius 3 is 1.60 bits per heavy atom. The molecule has 4 aromatic heterocycles. The first-order valence-corrected chi connectivity index (χ1v) is 23.6. The number of nitrogens with zero attached hydrogens (tertiary/aromatic N) is 3. The summed E-state index contributed by atoms with van der Waals surface area (Å²) in [6, 6.07) is 82.6. The van der Waals surface area contributed by atoms with Crippen molar-refractivity contribution in [3.63, 3.8) is 0 Å². The van der Waals surface area contributed by atoms with Crippen molar-refractivity contribution >= 4 is 65.6 Å². The first-order chi connectivity index (χ1) is 34.7. The van der Waals surface area contributed by atoms with E-state index < -0.39 is 0 Å². The van der Waals surface area contributed by atoms with E-state index in [1.807, 2.05) is 42.5 Å². The molecule has 5 nitrogen and oxygen atoms in total. The van der Waals surface area contributed by atoms with Crippen molar-refractivity contribution in [2.75, 3.05) is 0 Å². The summed E-state index contributed by atoms with van der Waals surface area (Å²) in [5.41, 5.74) is 17.6. The quantitative estimate of drug-likeness (QED) is 0.149. The number of furan rings is 2. The maximum atomic E-state index is 6.64. The molecule has 14 aromatic rings. The van der Waals surface area contributed by atoms with E-state index in [0.717, 1.165) is 138 Å². The van der Waals surface area contributed by atoms with E-state index in [2.05, 4.69) is 194 Å². The van der Waals surface area contributed by atoms with E-state index in [0.29, 0.717) is 5.82 Å². The van der Waals surface area contributed by atoms with Crippen LogP contribution in [0.3, 0.4) is 0 Å². The van der Waals surface area contributed by atoms with Crippen LogP contribution in [-0.4, -0.2) is 15.0 Å². The Balaban J connectivity index is 0.860. The highest BCUT2D eigenvalue weighted by molar-refractivity contribution is 6.27. The lowest BCUT2D eigenvalue weighted by Gasteiger charge is -2.16. The highest BCUT2D eigenvalue weighted by Gasteiger charge is 2.22. The van der Waals surface area contributed by atoms with Crippen LogP contribution in [-0.2, 0) is 0 Å². The number of para-hydroxylation sites is 4. The predicted molar refractivity (Wildman–Crippen MR) is 287 cm³/mol. The summed E-state index contributed by atoms with van der Waals surface area (Å²) in [4.78, 5) is 15.6. The van der Waals surface area contributed by atoms with E-state index in [9.17, 15) is 0 Å². The fourth-order valence-electron chi connectivity index (χ4n) is 10.4. The molecule has 326 valence electrons. The highest BCUT2D eigenvalue weighted by atomic mass is 16.3. The van der Waals surface area contributed by atoms with Crippen molar-refractivity contribution in [1.29, 1.82) is 0 Å². The molecule has 0 unspecified atom stereocenters. The lowest BCUT2D eigenvalue weighted by Crippen LogP contribution is -1.96. The van der Waals surface area contributed by atoms with Crippen LogP contribution in [0.25, 0.3) is 144 Å². The molecule has 10 aromatic carbocycles. The summed E-state index contributed by atoms with van der Waals surface area (Å²) in [7, 11) is 0. The van der Waals surface area contributed by atoms with Crippen molar-refractivity contribution in [2.45, 2.75) is 0 Å². The number of hydrogen-bond acceptors (Lipinski definition) is 5. The molecule has 5 heteroatoms. The van der Waals surface area contributed by atoms with Gasteiger partial charge in [0, 0.05) is 71.1 Å². The summed E-state index contributed by atoms with van der Waals surface area (Å²) in [6.07, 6.45) is 0. The van der Waals surface area contributed by atoms with Gasteiger partial charge >= 0.3 is 0 Å². The SMILES string of the molecule is c1ccc(-c2nc(-c3ccc(-c4ccc(-c5c6c(cc7c(-c8ccccc8)nc8ccccc8c57)oc5ccccc56)cc4)cc3)cc(-c3cccc(-c4cccc5c4oc4ccccc45)c3)n2)cc1. The van der Waals surface area contributed by atoms with Gasteiger partial charge in [0.25, 0.3) is 0 Å². The van der Waals surface area contributed by atoms with E-state index in [1.54, 1.807) is 0 Å². The largest absolute Gasteiger partial charge is 0.456 e. The Kier molecular flexibility index (Phi) is 9.14. The molecular weight excluding hydrogens is 855 g/mol. The van der Waals surface area contributed by atoms with Crippen molar-refractivity contribution in [2.24, 2.45) is 0 Å². The van der Waals surface area contributed by atoms with E-state index >= 15 is 0 Å². The fourth-order valence-corrected chi connectivity index (χ4v) is 10.4. The van der Waals surface area contributed by atoms with E-state index in [-0.39, 0.29) is 0 Å². The maximum absolute atomic E-state index is 6.64. The summed E-state index contributed by atoms with van der Waals surface area (Å²) in [5.74, 6) is 0.671. The molecule has 0 amide bonds. The number of benzene rings is 10. The number of hydrogen-bond donors (Lipinski definition) is 0. The Morgan fingerprint density at radius 1 is 0.286 bits per heavy atom. The molecule has 0 aliphatic heterocycles. The van der Waals surface area contributed by atoms with Gasteiger partial charge in [0.1, 0.15) is 22.3 Å². The summed E-state index contributed by atoms with van der Waals surface area (Å²) in [6.45, 7) is 0. The van der Waals surface area contributed by atoms with Crippen LogP contribution in [0.4, 0.5) is 0 Å². The van der Waals surface area contributed by atoms with Crippen LogP contribution in [0.15, 0.2) is 245 Å². The lowest BCUT2D eigenvalue weighted by molar-refractivity contribution is 0.669. The maximum Gasteiger partial charge on any atom is 0.160 e. The zero-order valence-corrected chi connectivity index (χ0v) is 37.7. The Hall–Kier alpha value is -9.45. The van der Waals surface area contributed by atoms with Crippen molar-refractivity contribution in [3.8, 4) is 78.5 Å². The number of rotatable bonds is 7. The van der Waals surface area contributed by atoms with Crippen molar-refractivity contribution in [3.05, 3.63) is 237 Å². The molecule has 0 aliphatic rings. The van der Waals surface area contributed by atoms with Gasteiger partial charge < -0.3 is 8.83 Å². The van der Waals surface area contributed by atoms with Gasteiger partial charge in [-0.1, -0.05) is 200 Å². The number of aromatic nitrogens is 3. The lowest BCUT2D eigenvalue weighted by atomic mass is 9.89. The average Bonchev–Trinajstić information content (AvgIpc) is 4.01. The molecule has 0 N–H and O–H groups in total. The Morgan fingerprint density at radius 2 is 0.843 bits per heavy atom. The Bertz CT molecular complexity index is 4330. The summed E-state index contributed by atoms with van der Waals surface area (Å²) in [5, 5.41) is 7.74. The topological polar surface area (TPSA) is 65.0 Å². The van der Waals surface area contributed by atoms with E-state index in [1.165, 1.54) is 0 Å². The van der Waals surface area contributed by atoms with Gasteiger partial charge in [-0.3, -0.25) is 0 Å². The molecule has 0 fully saturated rings. The van der Waals surface area contributed by atoms with Crippen LogP contribution in [0.5, 0.6) is 0 Å². The number of pyridine rings is 1. The minimum absolute atomic E-state index is 0.671. The average molecular weight is 894 g/mol. The first-order valence-electron chi connectivity index (χ1n) is 23.6. The normalized spacial score (nSPS) is 11.7. The van der Waals surface area contributed by atoms with Crippen LogP contribution in [0, 0.1) is 0 Å². The molecule has 14 rings (SSSR count). The van der Waals surface area contributed by atoms with Crippen molar-refractivity contribution in [1.82, 2.24) is 15.0 Å². The smallest absolute Gasteiger partial charge is 0.160 e. The van der Waals surface area contributed by atoms with Gasteiger partial charge in [-0.2, -0.15) is 0 Å². The summed E-state index contributed by atoms with van der Waals surface area (Å²) >= 11 is 0. The van der Waals surface area contributed by atoms with Gasteiger partial charge in [-0.05, 0) is 58.7 Å².